The number of hydrogen-bond donors (Lipinski definition) is 0. The molecule has 0 bridgehead atoms. The van der Waals surface area contributed by atoms with E-state index in [0.717, 1.165) is 4.60 Å². The van der Waals surface area contributed by atoms with Crippen LogP contribution in [-0.4, -0.2) is 12.2 Å². The van der Waals surface area contributed by atoms with Gasteiger partial charge in [0.1, 0.15) is 4.60 Å². The van der Waals surface area contributed by atoms with E-state index >= 15 is 0 Å². The Kier molecular flexibility index (Phi) is 5.54. The zero-order chi connectivity index (χ0) is 7.98. The molecule has 56 valence electrons. The van der Waals surface area contributed by atoms with Crippen LogP contribution in [0.1, 0.15) is 0 Å². The summed E-state index contributed by atoms with van der Waals surface area (Å²) in [6, 6.07) is 3.47. The minimum Gasteiger partial charge on any atom is -0.255 e. The quantitative estimate of drug-likeness (QED) is 0.620. The van der Waals surface area contributed by atoms with Gasteiger partial charge in [-0.2, -0.15) is 0 Å². The third kappa shape index (κ3) is 3.80. The minimum atomic E-state index is 0.500. The summed E-state index contributed by atoms with van der Waals surface area (Å²) in [4.78, 5) is 3.87. The summed E-state index contributed by atoms with van der Waals surface area (Å²) in [5.74, 6) is 0. The Hall–Kier alpha value is -0.150. The summed E-state index contributed by atoms with van der Waals surface area (Å²) in [5, 5.41) is 0.701. The number of rotatable bonds is 0. The van der Waals surface area contributed by atoms with Crippen LogP contribution in [0.15, 0.2) is 22.9 Å². The van der Waals surface area contributed by atoms with Crippen LogP contribution < -0.4 is 0 Å². The summed E-state index contributed by atoms with van der Waals surface area (Å²) < 4.78 is 10.3. The first kappa shape index (κ1) is 9.85. The molecule has 1 nitrogen and oxygen atoms in total. The van der Waals surface area contributed by atoms with Gasteiger partial charge in [-0.05, 0) is 28.1 Å². The third-order valence-electron chi connectivity index (χ3n) is 0.689. The van der Waals surface area contributed by atoms with Gasteiger partial charge in [-0.3, -0.25) is 4.39 Å². The molecule has 0 atom stereocenters. The molecule has 1 aromatic rings. The van der Waals surface area contributed by atoms with Crippen molar-refractivity contribution in [1.82, 2.24) is 4.98 Å². The molecule has 0 aliphatic carbocycles. The predicted octanol–water partition coefficient (Wildman–Crippen LogP) is 3.08. The second-order valence-electron chi connectivity index (χ2n) is 1.30. The molecule has 0 fully saturated rings. The molecule has 0 N–H and O–H groups in total. The van der Waals surface area contributed by atoms with Gasteiger partial charge in [-0.1, -0.05) is 11.6 Å². The van der Waals surface area contributed by atoms with E-state index in [9.17, 15) is 4.39 Å². The molecule has 0 radical (unpaired) electrons. The minimum absolute atomic E-state index is 0.500. The van der Waals surface area contributed by atoms with Gasteiger partial charge in [0.15, 0.2) is 0 Å². The number of pyridine rings is 1. The fourth-order valence-corrected chi connectivity index (χ4v) is 1.04. The van der Waals surface area contributed by atoms with Crippen molar-refractivity contribution in [1.29, 1.82) is 0 Å². The Morgan fingerprint density at radius 3 is 2.50 bits per heavy atom. The van der Waals surface area contributed by atoms with Crippen molar-refractivity contribution in [3.8, 4) is 0 Å². The Bertz CT molecular complexity index is 178. The Balaban J connectivity index is 0.000000371. The summed E-state index contributed by atoms with van der Waals surface area (Å²) in [6.45, 7) is 0. The van der Waals surface area contributed by atoms with Crippen LogP contribution in [-0.2, 0) is 0 Å². The fourth-order valence-electron chi connectivity index (χ4n) is 0.379. The van der Waals surface area contributed by atoms with Crippen LogP contribution in [0.2, 0.25) is 5.02 Å². The Labute approximate surface area is 72.4 Å². The summed E-state index contributed by atoms with van der Waals surface area (Å²) in [5.41, 5.74) is 0. The summed E-state index contributed by atoms with van der Waals surface area (Å²) in [6.07, 6.45) is 1.65. The van der Waals surface area contributed by atoms with Crippen LogP contribution in [0.3, 0.4) is 0 Å². The molecule has 0 saturated carbocycles. The number of halogens is 3. The van der Waals surface area contributed by atoms with Gasteiger partial charge < -0.3 is 0 Å². The summed E-state index contributed by atoms with van der Waals surface area (Å²) in [7, 11) is 0.500. The van der Waals surface area contributed by atoms with E-state index in [4.69, 9.17) is 11.6 Å². The van der Waals surface area contributed by atoms with E-state index in [1.165, 1.54) is 0 Å². The van der Waals surface area contributed by atoms with Crippen LogP contribution in [0.25, 0.3) is 0 Å². The monoisotopic (exact) mass is 225 g/mol. The topological polar surface area (TPSA) is 12.9 Å². The standard InChI is InChI=1S/C5H3BrClN.CH3F/c6-5-3-4(7)1-2-8-5;1-2/h1-3H;1H3. The SMILES string of the molecule is CF.Clc1ccnc(Br)c1. The van der Waals surface area contributed by atoms with E-state index in [1.54, 1.807) is 18.3 Å². The van der Waals surface area contributed by atoms with Crippen LogP contribution >= 0.6 is 27.5 Å². The molecule has 1 aromatic heterocycles. The lowest BCUT2D eigenvalue weighted by Crippen LogP contribution is -1.69. The van der Waals surface area contributed by atoms with E-state index < -0.39 is 0 Å². The molecule has 0 saturated heterocycles. The third-order valence-corrected chi connectivity index (χ3v) is 1.36. The molecule has 0 aliphatic heterocycles. The van der Waals surface area contributed by atoms with E-state index in [-0.39, 0.29) is 0 Å². The van der Waals surface area contributed by atoms with Crippen molar-refractivity contribution in [2.45, 2.75) is 0 Å². The molecular formula is C6H6BrClFN. The first-order valence-corrected chi connectivity index (χ1v) is 3.61. The van der Waals surface area contributed by atoms with Gasteiger partial charge in [0.05, 0.1) is 7.18 Å². The number of aromatic nitrogens is 1. The van der Waals surface area contributed by atoms with Gasteiger partial charge in [-0.25, -0.2) is 4.98 Å². The highest BCUT2D eigenvalue weighted by Crippen LogP contribution is 2.11. The molecule has 0 unspecified atom stereocenters. The van der Waals surface area contributed by atoms with Gasteiger partial charge >= 0.3 is 0 Å². The van der Waals surface area contributed by atoms with Crippen molar-refractivity contribution in [2.24, 2.45) is 0 Å². The molecule has 0 aliphatic rings. The van der Waals surface area contributed by atoms with Crippen molar-refractivity contribution < 1.29 is 4.39 Å². The highest BCUT2D eigenvalue weighted by atomic mass is 79.9. The maximum Gasteiger partial charge on any atom is 0.107 e. The maximum atomic E-state index is 9.50. The summed E-state index contributed by atoms with van der Waals surface area (Å²) >= 11 is 8.74. The average Bonchev–Trinajstić information content (AvgIpc) is 1.91. The lowest BCUT2D eigenvalue weighted by Gasteiger charge is -1.86. The zero-order valence-corrected chi connectivity index (χ0v) is 7.66. The normalized spacial score (nSPS) is 8.00. The van der Waals surface area contributed by atoms with Crippen molar-refractivity contribution in [3.05, 3.63) is 28.0 Å². The molecule has 4 heteroatoms. The van der Waals surface area contributed by atoms with E-state index in [1.807, 2.05) is 0 Å². The van der Waals surface area contributed by atoms with Crippen molar-refractivity contribution in [3.63, 3.8) is 0 Å². The molecule has 10 heavy (non-hydrogen) atoms. The number of alkyl halides is 1. The number of nitrogens with zero attached hydrogens (tertiary/aromatic N) is 1. The van der Waals surface area contributed by atoms with Gasteiger partial charge in [0, 0.05) is 11.2 Å². The van der Waals surface area contributed by atoms with Crippen LogP contribution in [0.4, 0.5) is 4.39 Å². The second-order valence-corrected chi connectivity index (χ2v) is 2.55. The zero-order valence-electron chi connectivity index (χ0n) is 5.31. The lowest BCUT2D eigenvalue weighted by molar-refractivity contribution is 0.636. The van der Waals surface area contributed by atoms with Gasteiger partial charge in [0.25, 0.3) is 0 Å². The maximum absolute atomic E-state index is 9.50. The predicted molar refractivity (Wildman–Crippen MR) is 44.0 cm³/mol. The molecule has 0 spiro atoms. The van der Waals surface area contributed by atoms with Crippen molar-refractivity contribution >= 4 is 27.5 Å². The molecule has 1 rings (SSSR count). The smallest absolute Gasteiger partial charge is 0.107 e. The molecule has 1 heterocycles. The van der Waals surface area contributed by atoms with E-state index in [2.05, 4.69) is 20.9 Å². The van der Waals surface area contributed by atoms with Gasteiger partial charge in [0.2, 0.25) is 0 Å². The second kappa shape index (κ2) is 5.62. The molecule has 0 amide bonds. The Morgan fingerprint density at radius 1 is 1.60 bits per heavy atom. The first-order valence-electron chi connectivity index (χ1n) is 2.44. The first-order chi connectivity index (χ1) is 4.79. The average molecular weight is 226 g/mol. The largest absolute Gasteiger partial charge is 0.255 e. The van der Waals surface area contributed by atoms with Gasteiger partial charge in [-0.15, -0.1) is 0 Å². The Morgan fingerprint density at radius 2 is 2.20 bits per heavy atom. The number of hydrogen-bond acceptors (Lipinski definition) is 1. The molecular weight excluding hydrogens is 220 g/mol. The highest BCUT2D eigenvalue weighted by molar-refractivity contribution is 9.10. The fraction of sp³-hybridized carbons (Fsp3) is 0.167. The van der Waals surface area contributed by atoms with Crippen LogP contribution in [0, 0.1) is 0 Å². The van der Waals surface area contributed by atoms with E-state index in [0.29, 0.717) is 12.2 Å². The molecule has 0 aromatic carbocycles. The highest BCUT2D eigenvalue weighted by Gasteiger charge is 1.85. The van der Waals surface area contributed by atoms with Crippen molar-refractivity contribution in [2.75, 3.05) is 7.18 Å². The lowest BCUT2D eigenvalue weighted by atomic mass is 10.5. The van der Waals surface area contributed by atoms with Crippen LogP contribution in [0.5, 0.6) is 0 Å².